The van der Waals surface area contributed by atoms with E-state index in [0.29, 0.717) is 31.3 Å². The van der Waals surface area contributed by atoms with E-state index >= 15 is 0 Å². The van der Waals surface area contributed by atoms with Crippen molar-refractivity contribution in [3.63, 3.8) is 0 Å². The van der Waals surface area contributed by atoms with Crippen molar-refractivity contribution in [2.45, 2.75) is 32.5 Å². The molecule has 1 aromatic rings. The van der Waals surface area contributed by atoms with Crippen LogP contribution in [0.25, 0.3) is 0 Å². The van der Waals surface area contributed by atoms with Crippen molar-refractivity contribution in [1.82, 2.24) is 9.78 Å². The standard InChI is InChI=1S/C14H22N4O4/c1-10-12(18(19)20)13(16(3)15-10)17-6-4-5-11(9-17)14(2)21-7-8-22-14/h11H,4-9H2,1-3H3. The number of nitro groups is 1. The van der Waals surface area contributed by atoms with Crippen LogP contribution < -0.4 is 4.90 Å². The topological polar surface area (TPSA) is 82.7 Å². The Morgan fingerprint density at radius 1 is 1.41 bits per heavy atom. The monoisotopic (exact) mass is 310 g/mol. The fourth-order valence-electron chi connectivity index (χ4n) is 3.57. The molecule has 22 heavy (non-hydrogen) atoms. The number of rotatable bonds is 3. The summed E-state index contributed by atoms with van der Waals surface area (Å²) in [5.41, 5.74) is 0.547. The maximum Gasteiger partial charge on any atom is 0.333 e. The molecule has 122 valence electrons. The van der Waals surface area contributed by atoms with Crippen molar-refractivity contribution in [2.24, 2.45) is 13.0 Å². The molecule has 1 atom stereocenters. The molecule has 3 heterocycles. The van der Waals surface area contributed by atoms with Gasteiger partial charge in [-0.1, -0.05) is 0 Å². The van der Waals surface area contributed by atoms with Gasteiger partial charge in [0.15, 0.2) is 5.79 Å². The second-order valence-corrected chi connectivity index (χ2v) is 6.14. The van der Waals surface area contributed by atoms with Crippen LogP contribution in [0.1, 0.15) is 25.5 Å². The first-order valence-corrected chi connectivity index (χ1v) is 7.63. The molecule has 2 aliphatic rings. The molecule has 0 aliphatic carbocycles. The van der Waals surface area contributed by atoms with Gasteiger partial charge < -0.3 is 14.4 Å². The predicted octanol–water partition coefficient (Wildman–Crippen LogP) is 1.62. The van der Waals surface area contributed by atoms with Crippen molar-refractivity contribution in [2.75, 3.05) is 31.2 Å². The van der Waals surface area contributed by atoms with E-state index in [9.17, 15) is 10.1 Å². The zero-order valence-corrected chi connectivity index (χ0v) is 13.2. The van der Waals surface area contributed by atoms with E-state index in [1.165, 1.54) is 0 Å². The van der Waals surface area contributed by atoms with Crippen molar-refractivity contribution in [3.8, 4) is 0 Å². The summed E-state index contributed by atoms with van der Waals surface area (Å²) in [6.45, 7) is 6.32. The minimum atomic E-state index is -0.582. The van der Waals surface area contributed by atoms with Gasteiger partial charge in [0.05, 0.1) is 18.1 Å². The minimum Gasteiger partial charge on any atom is -0.351 e. The smallest absolute Gasteiger partial charge is 0.333 e. The minimum absolute atomic E-state index is 0.0987. The molecule has 0 N–H and O–H groups in total. The zero-order valence-electron chi connectivity index (χ0n) is 13.2. The summed E-state index contributed by atoms with van der Waals surface area (Å²) in [4.78, 5) is 13.1. The van der Waals surface area contributed by atoms with Gasteiger partial charge in [-0.2, -0.15) is 5.10 Å². The summed E-state index contributed by atoms with van der Waals surface area (Å²) in [5.74, 6) is 0.188. The number of piperidine rings is 1. The largest absolute Gasteiger partial charge is 0.351 e. The van der Waals surface area contributed by atoms with Crippen LogP contribution in [0, 0.1) is 23.0 Å². The summed E-state index contributed by atoms with van der Waals surface area (Å²) < 4.78 is 13.1. The van der Waals surface area contributed by atoms with Gasteiger partial charge >= 0.3 is 5.69 Å². The van der Waals surface area contributed by atoms with E-state index in [0.717, 1.165) is 19.4 Å². The highest BCUT2D eigenvalue weighted by Crippen LogP contribution is 2.38. The van der Waals surface area contributed by atoms with Crippen LogP contribution in [0.3, 0.4) is 0 Å². The number of ether oxygens (including phenoxy) is 2. The lowest BCUT2D eigenvalue weighted by Crippen LogP contribution is -2.47. The van der Waals surface area contributed by atoms with Crippen LogP contribution in [0.15, 0.2) is 0 Å². The second kappa shape index (κ2) is 5.51. The van der Waals surface area contributed by atoms with Gasteiger partial charge in [-0.25, -0.2) is 4.68 Å². The van der Waals surface area contributed by atoms with Gasteiger partial charge in [-0.15, -0.1) is 0 Å². The summed E-state index contributed by atoms with van der Waals surface area (Å²) >= 11 is 0. The van der Waals surface area contributed by atoms with Crippen molar-refractivity contribution >= 4 is 11.5 Å². The van der Waals surface area contributed by atoms with Crippen LogP contribution in [0.4, 0.5) is 11.5 Å². The van der Waals surface area contributed by atoms with Crippen LogP contribution >= 0.6 is 0 Å². The molecule has 0 aromatic carbocycles. The molecule has 3 rings (SSSR count). The van der Waals surface area contributed by atoms with E-state index in [2.05, 4.69) is 5.10 Å². The third-order valence-corrected chi connectivity index (χ3v) is 4.67. The predicted molar refractivity (Wildman–Crippen MR) is 79.8 cm³/mol. The molecule has 1 aromatic heterocycles. The maximum absolute atomic E-state index is 11.4. The third kappa shape index (κ3) is 2.46. The number of aromatic nitrogens is 2. The van der Waals surface area contributed by atoms with E-state index in [4.69, 9.17) is 9.47 Å². The molecule has 0 spiro atoms. The van der Waals surface area contributed by atoms with Gasteiger partial charge in [0, 0.05) is 26.1 Å². The molecule has 8 nitrogen and oxygen atoms in total. The van der Waals surface area contributed by atoms with E-state index < -0.39 is 5.79 Å². The molecule has 8 heteroatoms. The Bertz CT molecular complexity index is 580. The quantitative estimate of drug-likeness (QED) is 0.623. The fraction of sp³-hybridized carbons (Fsp3) is 0.786. The van der Waals surface area contributed by atoms with E-state index in [-0.39, 0.29) is 16.5 Å². The Kier molecular flexibility index (Phi) is 3.82. The molecule has 0 bridgehead atoms. The normalized spacial score (nSPS) is 24.7. The number of nitrogens with zero attached hydrogens (tertiary/aromatic N) is 4. The molecule has 2 fully saturated rings. The van der Waals surface area contributed by atoms with Gasteiger partial charge in [0.1, 0.15) is 5.69 Å². The third-order valence-electron chi connectivity index (χ3n) is 4.67. The lowest BCUT2D eigenvalue weighted by molar-refractivity contribution is -0.384. The molecular formula is C14H22N4O4. The molecule has 0 saturated carbocycles. The van der Waals surface area contributed by atoms with E-state index in [1.54, 1.807) is 18.7 Å². The number of anilines is 1. The van der Waals surface area contributed by atoms with Crippen LogP contribution in [-0.2, 0) is 16.5 Å². The first-order chi connectivity index (χ1) is 10.4. The van der Waals surface area contributed by atoms with Gasteiger partial charge in [0.25, 0.3) is 0 Å². The molecule has 0 amide bonds. The molecule has 2 aliphatic heterocycles. The zero-order chi connectivity index (χ0) is 15.9. The highest BCUT2D eigenvalue weighted by molar-refractivity contribution is 5.61. The van der Waals surface area contributed by atoms with Crippen LogP contribution in [0.2, 0.25) is 0 Å². The number of hydrogen-bond donors (Lipinski definition) is 0. The summed E-state index contributed by atoms with van der Waals surface area (Å²) in [5, 5.41) is 15.6. The molecule has 1 unspecified atom stereocenters. The Labute approximate surface area is 129 Å². The SMILES string of the molecule is Cc1nn(C)c(N2CCCC(C3(C)OCCO3)C2)c1[N+](=O)[O-]. The summed E-state index contributed by atoms with van der Waals surface area (Å²) in [6.07, 6.45) is 1.95. The average Bonchev–Trinajstić information content (AvgIpc) is 3.03. The lowest BCUT2D eigenvalue weighted by Gasteiger charge is -2.40. The Morgan fingerprint density at radius 3 is 2.73 bits per heavy atom. The molecule has 2 saturated heterocycles. The fourth-order valence-corrected chi connectivity index (χ4v) is 3.57. The Balaban J connectivity index is 1.88. The molecular weight excluding hydrogens is 288 g/mol. The Morgan fingerprint density at radius 2 is 2.09 bits per heavy atom. The number of hydrogen-bond acceptors (Lipinski definition) is 6. The second-order valence-electron chi connectivity index (χ2n) is 6.14. The highest BCUT2D eigenvalue weighted by Gasteiger charge is 2.43. The van der Waals surface area contributed by atoms with Crippen molar-refractivity contribution < 1.29 is 14.4 Å². The van der Waals surface area contributed by atoms with Crippen molar-refractivity contribution in [1.29, 1.82) is 0 Å². The maximum atomic E-state index is 11.4. The summed E-state index contributed by atoms with van der Waals surface area (Å²) in [6, 6.07) is 0. The van der Waals surface area contributed by atoms with Crippen LogP contribution in [-0.4, -0.2) is 46.8 Å². The Hall–Kier alpha value is -1.67. The first kappa shape index (κ1) is 15.2. The molecule has 0 radical (unpaired) electrons. The van der Waals surface area contributed by atoms with Gasteiger partial charge in [-0.3, -0.25) is 10.1 Å². The van der Waals surface area contributed by atoms with Crippen LogP contribution in [0.5, 0.6) is 0 Å². The highest BCUT2D eigenvalue weighted by atomic mass is 16.7. The first-order valence-electron chi connectivity index (χ1n) is 7.63. The van der Waals surface area contributed by atoms with Gasteiger partial charge in [-0.05, 0) is 26.7 Å². The average molecular weight is 310 g/mol. The van der Waals surface area contributed by atoms with Crippen molar-refractivity contribution in [3.05, 3.63) is 15.8 Å². The van der Waals surface area contributed by atoms with E-state index in [1.807, 2.05) is 11.8 Å². The summed E-state index contributed by atoms with van der Waals surface area (Å²) in [7, 11) is 1.75. The lowest BCUT2D eigenvalue weighted by atomic mass is 9.90. The van der Waals surface area contributed by atoms with Gasteiger partial charge in [0.2, 0.25) is 5.82 Å². The number of aryl methyl sites for hydroxylation is 2.